The van der Waals surface area contributed by atoms with E-state index in [1.165, 1.54) is 29.8 Å². The average molecular weight is 380 g/mol. The van der Waals surface area contributed by atoms with Crippen LogP contribution in [0.3, 0.4) is 0 Å². The predicted octanol–water partition coefficient (Wildman–Crippen LogP) is 2.44. The number of hydrogen-bond acceptors (Lipinski definition) is 5. The van der Waals surface area contributed by atoms with E-state index in [0.717, 1.165) is 32.5 Å². The molecule has 0 radical (unpaired) electrons. The summed E-state index contributed by atoms with van der Waals surface area (Å²) in [7, 11) is 0. The van der Waals surface area contributed by atoms with Crippen molar-refractivity contribution >= 4 is 18.2 Å². The molecule has 0 bridgehead atoms. The van der Waals surface area contributed by atoms with Gasteiger partial charge in [0.1, 0.15) is 6.29 Å². The van der Waals surface area contributed by atoms with Crippen molar-refractivity contribution in [2.24, 2.45) is 0 Å². The second-order valence-corrected chi connectivity index (χ2v) is 6.92. The molecule has 0 aliphatic carbocycles. The van der Waals surface area contributed by atoms with Crippen LogP contribution in [-0.2, 0) is 16.1 Å². The summed E-state index contributed by atoms with van der Waals surface area (Å²) < 4.78 is 5.06. The standard InChI is InChI=1S/C22H24N2O4/c25-15-18-6-8-19(9-7-18)22(27)28-16-21(26)23-20-10-12-24(13-11-20)14-17-4-2-1-3-5-17/h1-9,15,20H,10-14,16H2,(H,23,26). The van der Waals surface area contributed by atoms with Gasteiger partial charge in [0.05, 0.1) is 5.56 Å². The molecule has 1 aliphatic heterocycles. The summed E-state index contributed by atoms with van der Waals surface area (Å²) in [5, 5.41) is 2.94. The van der Waals surface area contributed by atoms with E-state index in [0.29, 0.717) is 17.4 Å². The molecule has 0 saturated carbocycles. The SMILES string of the molecule is O=Cc1ccc(C(=O)OCC(=O)NC2CCN(Cc3ccccc3)CC2)cc1. The first-order chi connectivity index (χ1) is 13.6. The van der Waals surface area contributed by atoms with Crippen LogP contribution in [-0.4, -0.2) is 48.8 Å². The highest BCUT2D eigenvalue weighted by Crippen LogP contribution is 2.14. The van der Waals surface area contributed by atoms with Crippen LogP contribution in [0.1, 0.15) is 39.1 Å². The Bertz CT molecular complexity index is 797. The molecule has 1 amide bonds. The average Bonchev–Trinajstić information content (AvgIpc) is 2.74. The van der Waals surface area contributed by atoms with Crippen LogP contribution in [0.2, 0.25) is 0 Å². The molecule has 28 heavy (non-hydrogen) atoms. The minimum Gasteiger partial charge on any atom is -0.452 e. The number of likely N-dealkylation sites (tertiary alicyclic amines) is 1. The molecular formula is C22H24N2O4. The highest BCUT2D eigenvalue weighted by molar-refractivity contribution is 5.92. The number of rotatable bonds is 7. The number of nitrogens with zero attached hydrogens (tertiary/aromatic N) is 1. The van der Waals surface area contributed by atoms with E-state index in [4.69, 9.17) is 4.74 Å². The third-order valence-electron chi connectivity index (χ3n) is 4.82. The lowest BCUT2D eigenvalue weighted by atomic mass is 10.0. The lowest BCUT2D eigenvalue weighted by Gasteiger charge is -2.32. The number of piperidine rings is 1. The number of esters is 1. The second-order valence-electron chi connectivity index (χ2n) is 6.92. The summed E-state index contributed by atoms with van der Waals surface area (Å²) >= 11 is 0. The summed E-state index contributed by atoms with van der Waals surface area (Å²) in [4.78, 5) is 37.0. The third-order valence-corrected chi connectivity index (χ3v) is 4.82. The maximum Gasteiger partial charge on any atom is 0.338 e. The molecule has 2 aromatic rings. The summed E-state index contributed by atoms with van der Waals surface area (Å²) in [5.41, 5.74) is 2.08. The Morgan fingerprint density at radius 3 is 2.36 bits per heavy atom. The summed E-state index contributed by atoms with van der Waals surface area (Å²) in [6, 6.07) is 16.5. The smallest absolute Gasteiger partial charge is 0.338 e. The van der Waals surface area contributed by atoms with E-state index in [9.17, 15) is 14.4 Å². The molecule has 0 spiro atoms. The van der Waals surface area contributed by atoms with E-state index < -0.39 is 5.97 Å². The number of carbonyl (C=O) groups excluding carboxylic acids is 3. The Morgan fingerprint density at radius 1 is 1.04 bits per heavy atom. The zero-order chi connectivity index (χ0) is 19.8. The third kappa shape index (κ3) is 5.76. The Balaban J connectivity index is 1.37. The molecule has 0 aromatic heterocycles. The Labute approximate surface area is 164 Å². The Morgan fingerprint density at radius 2 is 1.71 bits per heavy atom. The topological polar surface area (TPSA) is 75.7 Å². The van der Waals surface area contributed by atoms with Gasteiger partial charge in [-0.3, -0.25) is 14.5 Å². The minimum atomic E-state index is -0.578. The molecule has 1 N–H and O–H groups in total. The number of hydrogen-bond donors (Lipinski definition) is 1. The lowest BCUT2D eigenvalue weighted by molar-refractivity contribution is -0.125. The van der Waals surface area contributed by atoms with Crippen LogP contribution in [0.15, 0.2) is 54.6 Å². The monoisotopic (exact) mass is 380 g/mol. The molecule has 1 aliphatic rings. The van der Waals surface area contributed by atoms with Crippen molar-refractivity contribution in [2.45, 2.75) is 25.4 Å². The summed E-state index contributed by atoms with van der Waals surface area (Å²) in [5.74, 6) is -0.871. The van der Waals surface area contributed by atoms with Crippen LogP contribution < -0.4 is 5.32 Å². The first-order valence-electron chi connectivity index (χ1n) is 9.42. The maximum atomic E-state index is 12.1. The highest BCUT2D eigenvalue weighted by Gasteiger charge is 2.21. The fourth-order valence-electron chi connectivity index (χ4n) is 3.26. The number of carbonyl (C=O) groups is 3. The Hall–Kier alpha value is -2.99. The van der Waals surface area contributed by atoms with Crippen molar-refractivity contribution in [2.75, 3.05) is 19.7 Å². The van der Waals surface area contributed by atoms with Crippen LogP contribution in [0.4, 0.5) is 0 Å². The molecule has 146 valence electrons. The predicted molar refractivity (Wildman–Crippen MR) is 105 cm³/mol. The molecular weight excluding hydrogens is 356 g/mol. The van der Waals surface area contributed by atoms with Gasteiger partial charge in [-0.05, 0) is 30.5 Å². The van der Waals surface area contributed by atoms with Gasteiger partial charge in [0.25, 0.3) is 5.91 Å². The van der Waals surface area contributed by atoms with Gasteiger partial charge < -0.3 is 10.1 Å². The fraction of sp³-hybridized carbons (Fsp3) is 0.318. The van der Waals surface area contributed by atoms with Gasteiger partial charge in [0.15, 0.2) is 6.61 Å². The highest BCUT2D eigenvalue weighted by atomic mass is 16.5. The lowest BCUT2D eigenvalue weighted by Crippen LogP contribution is -2.45. The van der Waals surface area contributed by atoms with Gasteiger partial charge in [0, 0.05) is 31.2 Å². The van der Waals surface area contributed by atoms with Crippen molar-refractivity contribution in [1.29, 1.82) is 0 Å². The maximum absolute atomic E-state index is 12.1. The van der Waals surface area contributed by atoms with E-state index in [1.807, 2.05) is 18.2 Å². The van der Waals surface area contributed by atoms with Crippen molar-refractivity contribution in [3.63, 3.8) is 0 Å². The quantitative estimate of drug-likeness (QED) is 0.590. The van der Waals surface area contributed by atoms with Crippen molar-refractivity contribution in [1.82, 2.24) is 10.2 Å². The molecule has 3 rings (SSSR count). The number of amides is 1. The van der Waals surface area contributed by atoms with Gasteiger partial charge >= 0.3 is 5.97 Å². The van der Waals surface area contributed by atoms with Gasteiger partial charge in [-0.2, -0.15) is 0 Å². The van der Waals surface area contributed by atoms with E-state index in [1.54, 1.807) is 0 Å². The molecule has 1 saturated heterocycles. The largest absolute Gasteiger partial charge is 0.452 e. The van der Waals surface area contributed by atoms with E-state index >= 15 is 0 Å². The first-order valence-corrected chi connectivity index (χ1v) is 9.42. The minimum absolute atomic E-state index is 0.102. The van der Waals surface area contributed by atoms with Crippen LogP contribution in [0, 0.1) is 0 Å². The molecule has 1 fully saturated rings. The molecule has 6 nitrogen and oxygen atoms in total. The van der Waals surface area contributed by atoms with E-state index in [-0.39, 0.29) is 18.6 Å². The number of benzene rings is 2. The normalized spacial score (nSPS) is 15.0. The van der Waals surface area contributed by atoms with Gasteiger partial charge in [0.2, 0.25) is 0 Å². The van der Waals surface area contributed by atoms with Crippen LogP contribution in [0.5, 0.6) is 0 Å². The van der Waals surface area contributed by atoms with Gasteiger partial charge in [-0.25, -0.2) is 4.79 Å². The van der Waals surface area contributed by atoms with Crippen LogP contribution >= 0.6 is 0 Å². The van der Waals surface area contributed by atoms with E-state index in [2.05, 4.69) is 22.3 Å². The fourth-order valence-corrected chi connectivity index (χ4v) is 3.26. The van der Waals surface area contributed by atoms with Crippen molar-refractivity contribution < 1.29 is 19.1 Å². The zero-order valence-electron chi connectivity index (χ0n) is 15.7. The van der Waals surface area contributed by atoms with Crippen molar-refractivity contribution in [3.05, 3.63) is 71.3 Å². The van der Waals surface area contributed by atoms with Crippen molar-refractivity contribution in [3.8, 4) is 0 Å². The van der Waals surface area contributed by atoms with Gasteiger partial charge in [-0.15, -0.1) is 0 Å². The zero-order valence-corrected chi connectivity index (χ0v) is 15.7. The molecule has 0 atom stereocenters. The molecule has 2 aromatic carbocycles. The molecule has 0 unspecified atom stereocenters. The first kappa shape index (κ1) is 19.8. The number of nitrogens with one attached hydrogen (secondary N) is 1. The Kier molecular flexibility index (Phi) is 6.92. The molecule has 1 heterocycles. The second kappa shape index (κ2) is 9.80. The number of aldehydes is 1. The van der Waals surface area contributed by atoms with Crippen LogP contribution in [0.25, 0.3) is 0 Å². The summed E-state index contributed by atoms with van der Waals surface area (Å²) in [6.07, 6.45) is 2.45. The summed E-state index contributed by atoms with van der Waals surface area (Å²) in [6.45, 7) is 2.45. The molecule has 6 heteroatoms. The number of ether oxygens (including phenoxy) is 1. The van der Waals surface area contributed by atoms with Gasteiger partial charge in [-0.1, -0.05) is 42.5 Å².